The first-order chi connectivity index (χ1) is 13.1. The maximum atomic E-state index is 12.6. The molecule has 1 aliphatic rings. The van der Waals surface area contributed by atoms with Crippen molar-refractivity contribution in [1.29, 1.82) is 0 Å². The molecule has 3 rings (SSSR count). The van der Waals surface area contributed by atoms with Gasteiger partial charge in [0, 0.05) is 25.9 Å². The summed E-state index contributed by atoms with van der Waals surface area (Å²) in [5.74, 6) is 2.35. The number of carbonyl (C=O) groups is 1. The lowest BCUT2D eigenvalue weighted by atomic mass is 10.1. The highest BCUT2D eigenvalue weighted by atomic mass is 16.5. The van der Waals surface area contributed by atoms with Crippen LogP contribution in [0.15, 0.2) is 42.5 Å². The number of ether oxygens (including phenoxy) is 3. The van der Waals surface area contributed by atoms with E-state index >= 15 is 0 Å². The number of hydrogen-bond donors (Lipinski definition) is 0. The molecule has 2 aromatic carbocycles. The largest absolute Gasteiger partial charge is 0.493 e. The number of methoxy groups -OCH3 is 2. The average Bonchev–Trinajstić information content (AvgIpc) is 2.70. The number of piperidine rings is 1. The number of amides is 1. The SMILES string of the molecule is COc1ccc(CC(=O)N2CCC(Oc3ccc(C)cc3)CC2)cc1OC. The third-order valence-corrected chi connectivity index (χ3v) is 4.92. The molecular formula is C22H27NO4. The van der Waals surface area contributed by atoms with Crippen LogP contribution in [0.1, 0.15) is 24.0 Å². The molecule has 0 radical (unpaired) electrons. The number of likely N-dealkylation sites (tertiary alicyclic amines) is 1. The molecule has 0 aromatic heterocycles. The Morgan fingerprint density at radius 3 is 2.30 bits per heavy atom. The van der Waals surface area contributed by atoms with Crippen LogP contribution in [-0.2, 0) is 11.2 Å². The molecule has 0 saturated carbocycles. The highest BCUT2D eigenvalue weighted by Gasteiger charge is 2.24. The van der Waals surface area contributed by atoms with Gasteiger partial charge < -0.3 is 19.1 Å². The van der Waals surface area contributed by atoms with Crippen LogP contribution in [0.2, 0.25) is 0 Å². The van der Waals surface area contributed by atoms with Crippen LogP contribution >= 0.6 is 0 Å². The van der Waals surface area contributed by atoms with Crippen LogP contribution in [0.5, 0.6) is 17.2 Å². The molecule has 0 N–H and O–H groups in total. The maximum Gasteiger partial charge on any atom is 0.226 e. The van der Waals surface area contributed by atoms with E-state index in [0.717, 1.165) is 37.2 Å². The Hall–Kier alpha value is -2.69. The summed E-state index contributed by atoms with van der Waals surface area (Å²) in [5.41, 5.74) is 2.15. The first-order valence-electron chi connectivity index (χ1n) is 9.31. The van der Waals surface area contributed by atoms with Crippen LogP contribution < -0.4 is 14.2 Å². The van der Waals surface area contributed by atoms with Crippen molar-refractivity contribution in [2.75, 3.05) is 27.3 Å². The van der Waals surface area contributed by atoms with Gasteiger partial charge in [-0.3, -0.25) is 4.79 Å². The summed E-state index contributed by atoms with van der Waals surface area (Å²) in [5, 5.41) is 0. The monoisotopic (exact) mass is 369 g/mol. The quantitative estimate of drug-likeness (QED) is 0.780. The van der Waals surface area contributed by atoms with E-state index in [0.29, 0.717) is 17.9 Å². The smallest absolute Gasteiger partial charge is 0.226 e. The van der Waals surface area contributed by atoms with Gasteiger partial charge >= 0.3 is 0 Å². The fraction of sp³-hybridized carbons (Fsp3) is 0.409. The molecule has 0 spiro atoms. The lowest BCUT2D eigenvalue weighted by Gasteiger charge is -2.32. The van der Waals surface area contributed by atoms with Gasteiger partial charge in [0.05, 0.1) is 20.6 Å². The standard InChI is InChI=1S/C22H27NO4/c1-16-4-7-18(8-5-16)27-19-10-12-23(13-11-19)22(24)15-17-6-9-20(25-2)21(14-17)26-3/h4-9,14,19H,10-13,15H2,1-3H3. The second kappa shape index (κ2) is 8.80. The maximum absolute atomic E-state index is 12.6. The van der Waals surface area contributed by atoms with E-state index in [-0.39, 0.29) is 12.0 Å². The van der Waals surface area contributed by atoms with E-state index in [1.54, 1.807) is 14.2 Å². The van der Waals surface area contributed by atoms with Gasteiger partial charge in [0.25, 0.3) is 0 Å². The summed E-state index contributed by atoms with van der Waals surface area (Å²) >= 11 is 0. The normalized spacial score (nSPS) is 14.7. The fourth-order valence-electron chi connectivity index (χ4n) is 3.31. The number of carbonyl (C=O) groups excluding carboxylic acids is 1. The number of nitrogens with zero attached hydrogens (tertiary/aromatic N) is 1. The van der Waals surface area contributed by atoms with Crippen LogP contribution in [-0.4, -0.2) is 44.2 Å². The summed E-state index contributed by atoms with van der Waals surface area (Å²) < 4.78 is 16.6. The zero-order valence-corrected chi connectivity index (χ0v) is 16.2. The van der Waals surface area contributed by atoms with Gasteiger partial charge in [0.1, 0.15) is 11.9 Å². The van der Waals surface area contributed by atoms with Crippen LogP contribution in [0, 0.1) is 6.92 Å². The summed E-state index contributed by atoms with van der Waals surface area (Å²) in [7, 11) is 3.20. The molecule has 1 saturated heterocycles. The van der Waals surface area contributed by atoms with Gasteiger partial charge in [-0.05, 0) is 36.8 Å². The van der Waals surface area contributed by atoms with Crippen LogP contribution in [0.4, 0.5) is 0 Å². The van der Waals surface area contributed by atoms with Crippen molar-refractivity contribution < 1.29 is 19.0 Å². The van der Waals surface area contributed by atoms with Crippen molar-refractivity contribution >= 4 is 5.91 Å². The van der Waals surface area contributed by atoms with Crippen molar-refractivity contribution in [2.24, 2.45) is 0 Å². The lowest BCUT2D eigenvalue weighted by Crippen LogP contribution is -2.42. The fourth-order valence-corrected chi connectivity index (χ4v) is 3.31. The Labute approximate surface area is 160 Å². The Morgan fingerprint density at radius 1 is 1.00 bits per heavy atom. The Kier molecular flexibility index (Phi) is 6.22. The second-order valence-corrected chi connectivity index (χ2v) is 6.88. The van der Waals surface area contributed by atoms with Crippen molar-refractivity contribution in [3.8, 4) is 17.2 Å². The first-order valence-corrected chi connectivity index (χ1v) is 9.31. The molecule has 1 aliphatic heterocycles. The molecule has 27 heavy (non-hydrogen) atoms. The number of aryl methyl sites for hydroxylation is 1. The molecule has 1 fully saturated rings. The Bertz CT molecular complexity index is 764. The minimum atomic E-state index is 0.135. The summed E-state index contributed by atoms with van der Waals surface area (Å²) in [6.07, 6.45) is 2.24. The highest BCUT2D eigenvalue weighted by Crippen LogP contribution is 2.28. The minimum Gasteiger partial charge on any atom is -0.493 e. The number of hydrogen-bond acceptors (Lipinski definition) is 4. The highest BCUT2D eigenvalue weighted by molar-refractivity contribution is 5.79. The molecule has 0 unspecified atom stereocenters. The molecule has 5 nitrogen and oxygen atoms in total. The van der Waals surface area contributed by atoms with E-state index in [9.17, 15) is 4.79 Å². The predicted octanol–water partition coefficient (Wildman–Crippen LogP) is 3.62. The van der Waals surface area contributed by atoms with Gasteiger partial charge in [-0.25, -0.2) is 0 Å². The second-order valence-electron chi connectivity index (χ2n) is 6.88. The third-order valence-electron chi connectivity index (χ3n) is 4.92. The van der Waals surface area contributed by atoms with E-state index < -0.39 is 0 Å². The summed E-state index contributed by atoms with van der Waals surface area (Å²) in [6.45, 7) is 3.51. The van der Waals surface area contributed by atoms with E-state index in [2.05, 4.69) is 19.1 Å². The molecule has 1 heterocycles. The molecule has 0 atom stereocenters. The number of rotatable bonds is 6. The first kappa shape index (κ1) is 19.1. The van der Waals surface area contributed by atoms with Crippen molar-refractivity contribution in [3.05, 3.63) is 53.6 Å². The molecule has 0 bridgehead atoms. The van der Waals surface area contributed by atoms with Crippen LogP contribution in [0.25, 0.3) is 0 Å². The van der Waals surface area contributed by atoms with Crippen LogP contribution in [0.3, 0.4) is 0 Å². The molecule has 0 aliphatic carbocycles. The third kappa shape index (κ3) is 4.94. The van der Waals surface area contributed by atoms with Gasteiger partial charge in [-0.1, -0.05) is 23.8 Å². The Balaban J connectivity index is 1.51. The van der Waals surface area contributed by atoms with Gasteiger partial charge in [0.2, 0.25) is 5.91 Å². The molecule has 5 heteroatoms. The molecule has 1 amide bonds. The van der Waals surface area contributed by atoms with E-state index in [1.165, 1.54) is 5.56 Å². The average molecular weight is 369 g/mol. The molecular weight excluding hydrogens is 342 g/mol. The van der Waals surface area contributed by atoms with Crippen molar-refractivity contribution in [2.45, 2.75) is 32.3 Å². The van der Waals surface area contributed by atoms with Gasteiger partial charge in [0.15, 0.2) is 11.5 Å². The zero-order chi connectivity index (χ0) is 19.2. The van der Waals surface area contributed by atoms with E-state index in [4.69, 9.17) is 14.2 Å². The number of benzene rings is 2. The topological polar surface area (TPSA) is 48.0 Å². The predicted molar refractivity (Wildman–Crippen MR) is 105 cm³/mol. The summed E-state index contributed by atoms with van der Waals surface area (Å²) in [4.78, 5) is 14.6. The summed E-state index contributed by atoms with van der Waals surface area (Å²) in [6, 6.07) is 13.7. The van der Waals surface area contributed by atoms with Crippen molar-refractivity contribution in [1.82, 2.24) is 4.90 Å². The minimum absolute atomic E-state index is 0.135. The van der Waals surface area contributed by atoms with Crippen molar-refractivity contribution in [3.63, 3.8) is 0 Å². The zero-order valence-electron chi connectivity index (χ0n) is 16.2. The van der Waals surface area contributed by atoms with E-state index in [1.807, 2.05) is 35.2 Å². The van der Waals surface area contributed by atoms with Gasteiger partial charge in [-0.2, -0.15) is 0 Å². The lowest BCUT2D eigenvalue weighted by molar-refractivity contribution is -0.132. The molecule has 144 valence electrons. The van der Waals surface area contributed by atoms with Gasteiger partial charge in [-0.15, -0.1) is 0 Å². The molecule has 2 aromatic rings. The Morgan fingerprint density at radius 2 is 1.67 bits per heavy atom.